The summed E-state index contributed by atoms with van der Waals surface area (Å²) in [5.41, 5.74) is 4.46. The molecule has 5 aromatic rings. The largest absolute Gasteiger partial charge is 0.494 e. The van der Waals surface area contributed by atoms with Gasteiger partial charge in [0.2, 0.25) is 23.7 Å². The summed E-state index contributed by atoms with van der Waals surface area (Å²) in [4.78, 5) is 60.2. The smallest absolute Gasteiger partial charge is 0.234 e. The first-order valence-electron chi connectivity index (χ1n) is 23.6. The maximum absolute atomic E-state index is 15.3. The van der Waals surface area contributed by atoms with Crippen LogP contribution in [0.1, 0.15) is 62.5 Å². The molecule has 3 amide bonds. The van der Waals surface area contributed by atoms with Gasteiger partial charge in [-0.2, -0.15) is 4.98 Å². The first-order chi connectivity index (χ1) is 33.1. The molecule has 69 heavy (non-hydrogen) atoms. The van der Waals surface area contributed by atoms with Crippen molar-refractivity contribution in [2.45, 2.75) is 69.9 Å². The van der Waals surface area contributed by atoms with Gasteiger partial charge in [0, 0.05) is 111 Å². The van der Waals surface area contributed by atoms with Crippen LogP contribution in [0.25, 0.3) is 10.9 Å². The fourth-order valence-electron chi connectivity index (χ4n) is 10.4. The number of carbonyl (C=O) groups is 3. The second-order valence-corrected chi connectivity index (χ2v) is 22.9. The number of piperazine rings is 1. The van der Waals surface area contributed by atoms with E-state index in [2.05, 4.69) is 70.7 Å². The number of anilines is 6. The summed E-state index contributed by atoms with van der Waals surface area (Å²) >= 11 is 3.59. The Morgan fingerprint density at radius 1 is 0.942 bits per heavy atom. The first kappa shape index (κ1) is 48.3. The van der Waals surface area contributed by atoms with Gasteiger partial charge in [-0.25, -0.2) is 13.8 Å². The number of hydrogen-bond acceptors (Lipinski definition) is 13. The van der Waals surface area contributed by atoms with E-state index in [4.69, 9.17) is 9.72 Å². The maximum atomic E-state index is 15.3. The van der Waals surface area contributed by atoms with Gasteiger partial charge in [-0.1, -0.05) is 25.1 Å². The molecule has 15 nitrogen and oxygen atoms in total. The average molecular weight is 1030 g/mol. The van der Waals surface area contributed by atoms with Gasteiger partial charge in [-0.05, 0) is 97.6 Å². The molecule has 1 saturated carbocycles. The SMILES string of the molecule is CCc1cc(Nc2ncc(Br)c(Nc3cnc4ccccc4c3P(C)(C)=O)n2)c(OC)cc1N1CCC(N2CCN(C(=O)C3CC(N(C)c4cc(F)c(C5CCC(=O)NC5=O)c(F)c4)C3)CC2)CC1. The number of amides is 3. The molecule has 0 spiro atoms. The Labute approximate surface area is 409 Å². The molecular formula is C50H58BrF2N10O5P. The van der Waals surface area contributed by atoms with Crippen molar-refractivity contribution in [1.29, 1.82) is 0 Å². The zero-order valence-corrected chi connectivity index (χ0v) is 42.0. The Morgan fingerprint density at radius 3 is 2.32 bits per heavy atom. The second kappa shape index (κ2) is 20.0. The normalized spacial score (nSPS) is 20.4. The van der Waals surface area contributed by atoms with E-state index < -0.39 is 36.5 Å². The lowest BCUT2D eigenvalue weighted by atomic mass is 9.78. The van der Waals surface area contributed by atoms with Crippen LogP contribution < -0.4 is 35.8 Å². The Balaban J connectivity index is 0.776. The molecule has 4 aliphatic rings. The third kappa shape index (κ3) is 10.0. The second-order valence-electron chi connectivity index (χ2n) is 18.9. The van der Waals surface area contributed by atoms with E-state index in [-0.39, 0.29) is 36.3 Å². The van der Waals surface area contributed by atoms with Gasteiger partial charge in [-0.3, -0.25) is 29.6 Å². The molecule has 3 N–H and O–H groups in total. The van der Waals surface area contributed by atoms with Crippen molar-refractivity contribution in [2.24, 2.45) is 5.92 Å². The van der Waals surface area contributed by atoms with Crippen molar-refractivity contribution in [1.82, 2.24) is 30.1 Å². The Kier molecular flexibility index (Phi) is 14.0. The predicted octanol–water partition coefficient (Wildman–Crippen LogP) is 7.92. The number of aromatic nitrogens is 3. The van der Waals surface area contributed by atoms with E-state index >= 15 is 8.78 Å². The highest BCUT2D eigenvalue weighted by Gasteiger charge is 2.41. The minimum atomic E-state index is -2.73. The van der Waals surface area contributed by atoms with Crippen molar-refractivity contribution in [2.75, 3.05) is 87.2 Å². The number of piperidine rings is 2. The number of carbonyl (C=O) groups excluding carboxylic acids is 3. The number of ether oxygens (including phenoxy) is 1. The quantitative estimate of drug-likeness (QED) is 0.0771. The maximum Gasteiger partial charge on any atom is 0.234 e. The Hall–Kier alpha value is -5.71. The number of imide groups is 1. The summed E-state index contributed by atoms with van der Waals surface area (Å²) in [7, 11) is 0.698. The van der Waals surface area contributed by atoms with Gasteiger partial charge in [0.25, 0.3) is 0 Å². The van der Waals surface area contributed by atoms with E-state index in [9.17, 15) is 18.9 Å². The fourth-order valence-corrected chi connectivity index (χ4v) is 12.2. The molecule has 0 bridgehead atoms. The zero-order chi connectivity index (χ0) is 48.7. The highest BCUT2D eigenvalue weighted by atomic mass is 79.9. The molecule has 1 aliphatic carbocycles. The van der Waals surface area contributed by atoms with E-state index in [1.54, 1.807) is 39.9 Å². The van der Waals surface area contributed by atoms with Crippen LogP contribution in [0.4, 0.5) is 43.3 Å². The number of hydrogen-bond donors (Lipinski definition) is 3. The number of nitrogens with zero attached hydrogens (tertiary/aromatic N) is 7. The summed E-state index contributed by atoms with van der Waals surface area (Å²) < 4.78 is 50.7. The molecule has 3 aromatic carbocycles. The van der Waals surface area contributed by atoms with Crippen LogP contribution in [0.2, 0.25) is 0 Å². The van der Waals surface area contributed by atoms with Gasteiger partial charge in [0.1, 0.15) is 30.3 Å². The fraction of sp³-hybridized carbons (Fsp3) is 0.440. The number of nitrogens with one attached hydrogen (secondary N) is 3. The van der Waals surface area contributed by atoms with Crippen molar-refractivity contribution >= 4 is 91.5 Å². The minimum absolute atomic E-state index is 0.0306. The molecule has 19 heteroatoms. The molecule has 3 aliphatic heterocycles. The topological polar surface area (TPSA) is 165 Å². The molecule has 1 atom stereocenters. The van der Waals surface area contributed by atoms with E-state index in [0.29, 0.717) is 70.6 Å². The Morgan fingerprint density at radius 2 is 1.65 bits per heavy atom. The monoisotopic (exact) mass is 1030 g/mol. The number of halogens is 3. The lowest BCUT2D eigenvalue weighted by Gasteiger charge is -2.46. The minimum Gasteiger partial charge on any atom is -0.494 e. The molecule has 2 aromatic heterocycles. The summed E-state index contributed by atoms with van der Waals surface area (Å²) in [5.74, 6) is -2.29. The number of benzene rings is 3. The Bertz CT molecular complexity index is 2820. The van der Waals surface area contributed by atoms with Crippen LogP contribution >= 0.6 is 23.1 Å². The molecule has 364 valence electrons. The highest BCUT2D eigenvalue weighted by molar-refractivity contribution is 9.10. The zero-order valence-electron chi connectivity index (χ0n) is 39.5. The van der Waals surface area contributed by atoms with Crippen LogP contribution in [-0.2, 0) is 25.4 Å². The van der Waals surface area contributed by atoms with E-state index in [0.717, 1.165) is 67.7 Å². The number of methoxy groups -OCH3 is 1. The van der Waals surface area contributed by atoms with E-state index in [1.807, 2.05) is 34.1 Å². The van der Waals surface area contributed by atoms with Crippen molar-refractivity contribution in [3.05, 3.63) is 88.2 Å². The van der Waals surface area contributed by atoms with Crippen LogP contribution in [0.15, 0.2) is 65.4 Å². The van der Waals surface area contributed by atoms with Gasteiger partial charge in [0.05, 0.1) is 40.6 Å². The number of aryl methyl sites for hydroxylation is 1. The van der Waals surface area contributed by atoms with E-state index in [1.165, 1.54) is 17.7 Å². The predicted molar refractivity (Wildman–Crippen MR) is 269 cm³/mol. The molecule has 0 radical (unpaired) electrons. The van der Waals surface area contributed by atoms with Gasteiger partial charge in [-0.15, -0.1) is 0 Å². The number of rotatable bonds is 13. The summed E-state index contributed by atoms with van der Waals surface area (Å²) in [6.07, 6.45) is 7.45. The van der Waals surface area contributed by atoms with Crippen molar-refractivity contribution in [3.8, 4) is 5.75 Å². The van der Waals surface area contributed by atoms with Crippen LogP contribution in [0.5, 0.6) is 5.75 Å². The van der Waals surface area contributed by atoms with Crippen LogP contribution in [0.3, 0.4) is 0 Å². The summed E-state index contributed by atoms with van der Waals surface area (Å²) in [5, 5.41) is 10.5. The van der Waals surface area contributed by atoms with Gasteiger partial charge >= 0.3 is 0 Å². The number of para-hydroxylation sites is 1. The first-order valence-corrected chi connectivity index (χ1v) is 27.0. The van der Waals surface area contributed by atoms with Crippen LogP contribution in [-0.4, -0.2) is 121 Å². The molecule has 4 fully saturated rings. The molecule has 5 heterocycles. The summed E-state index contributed by atoms with van der Waals surface area (Å²) in [6, 6.07) is 14.7. The lowest BCUT2D eigenvalue weighted by Crippen LogP contribution is -2.57. The van der Waals surface area contributed by atoms with Crippen molar-refractivity contribution < 1.29 is 32.5 Å². The van der Waals surface area contributed by atoms with Gasteiger partial charge in [0.15, 0.2) is 0 Å². The number of pyridine rings is 1. The van der Waals surface area contributed by atoms with Crippen LogP contribution in [0, 0.1) is 17.6 Å². The third-order valence-corrected chi connectivity index (χ3v) is 16.5. The number of fused-ring (bicyclic) bond motifs is 1. The summed E-state index contributed by atoms with van der Waals surface area (Å²) in [6.45, 7) is 10.4. The van der Waals surface area contributed by atoms with Gasteiger partial charge < -0.3 is 34.6 Å². The molecular weight excluding hydrogens is 969 g/mol. The molecule has 3 saturated heterocycles. The lowest BCUT2D eigenvalue weighted by molar-refractivity contribution is -0.141. The molecule has 1 unspecified atom stereocenters. The third-order valence-electron chi connectivity index (χ3n) is 14.3. The highest BCUT2D eigenvalue weighted by Crippen LogP contribution is 2.43. The average Bonchev–Trinajstić information content (AvgIpc) is 3.32. The standard InChI is InChI=1S/C50H58BrF2N10O5P/c1-6-29-23-40(57-50-55-27-36(51)47(59-50)56-41-28-54-39-10-8-7-9-34(39)46(41)69(4,5)67)43(68-3)26-42(29)62-15-13-31(14-16-62)61-17-19-63(20-18-61)49(66)30-21-32(22-30)60(2)33-24-37(52)45(38(53)25-33)35-11-12-44(64)58-48(35)65/h7-10,23-28,30-32,35H,6,11-22H2,1-5H3,(H,58,64,65)(H2,55,56,57,59). The molecule has 9 rings (SSSR count). The van der Waals surface area contributed by atoms with Crippen molar-refractivity contribution in [3.63, 3.8) is 0 Å².